The fourth-order valence-corrected chi connectivity index (χ4v) is 4.09. The number of nitrogens with one attached hydrogen (secondary N) is 2. The van der Waals surface area contributed by atoms with Crippen molar-refractivity contribution in [1.82, 2.24) is 9.88 Å². The summed E-state index contributed by atoms with van der Waals surface area (Å²) in [5.41, 5.74) is 1.85. The molecule has 3 aromatic rings. The SMILES string of the molecule is O=C1NC(c2ccc(Cl)cc2)Nc2c1sc(=S)n2-c1ccccc1. The Morgan fingerprint density at radius 3 is 2.46 bits per heavy atom. The minimum Gasteiger partial charge on any atom is -0.346 e. The van der Waals surface area contributed by atoms with E-state index in [9.17, 15) is 4.79 Å². The van der Waals surface area contributed by atoms with Gasteiger partial charge in [0.1, 0.15) is 16.9 Å². The number of carbonyl (C=O) groups excluding carboxylic acids is 1. The predicted molar refractivity (Wildman–Crippen MR) is 99.8 cm³/mol. The highest BCUT2D eigenvalue weighted by molar-refractivity contribution is 7.73. The molecule has 1 atom stereocenters. The minimum absolute atomic E-state index is 0.130. The third kappa shape index (κ3) is 2.62. The van der Waals surface area contributed by atoms with E-state index >= 15 is 0 Å². The monoisotopic (exact) mass is 373 g/mol. The van der Waals surface area contributed by atoms with Crippen molar-refractivity contribution in [3.05, 3.63) is 74.0 Å². The Kier molecular flexibility index (Phi) is 3.88. The average Bonchev–Trinajstić information content (AvgIpc) is 2.93. The lowest BCUT2D eigenvalue weighted by Gasteiger charge is -2.27. The topological polar surface area (TPSA) is 46.1 Å². The summed E-state index contributed by atoms with van der Waals surface area (Å²) in [5, 5.41) is 7.00. The van der Waals surface area contributed by atoms with Gasteiger partial charge in [0.05, 0.1) is 0 Å². The molecule has 1 aliphatic rings. The second-order valence-electron chi connectivity index (χ2n) is 5.32. The maximum Gasteiger partial charge on any atom is 0.267 e. The fourth-order valence-electron chi connectivity index (χ4n) is 2.66. The number of benzene rings is 2. The number of rotatable bonds is 2. The number of fused-ring (bicyclic) bond motifs is 1. The zero-order chi connectivity index (χ0) is 16.7. The van der Waals surface area contributed by atoms with Crippen LogP contribution in [0, 0.1) is 3.95 Å². The molecule has 1 aromatic heterocycles. The summed E-state index contributed by atoms with van der Waals surface area (Å²) in [6.07, 6.45) is -0.332. The van der Waals surface area contributed by atoms with Gasteiger partial charge in [-0.1, -0.05) is 53.3 Å². The largest absolute Gasteiger partial charge is 0.346 e. The molecule has 2 N–H and O–H groups in total. The Balaban J connectivity index is 1.80. The second-order valence-corrected chi connectivity index (χ2v) is 7.40. The van der Waals surface area contributed by atoms with Crippen LogP contribution in [0.4, 0.5) is 5.82 Å². The number of aromatic nitrogens is 1. The van der Waals surface area contributed by atoms with Crippen molar-refractivity contribution < 1.29 is 4.79 Å². The van der Waals surface area contributed by atoms with Crippen molar-refractivity contribution in [2.75, 3.05) is 5.32 Å². The van der Waals surface area contributed by atoms with E-state index in [0.29, 0.717) is 13.9 Å². The molecule has 4 nitrogen and oxygen atoms in total. The Morgan fingerprint density at radius 2 is 1.75 bits per heavy atom. The van der Waals surface area contributed by atoms with Crippen LogP contribution in [0.1, 0.15) is 21.4 Å². The van der Waals surface area contributed by atoms with Gasteiger partial charge in [-0.25, -0.2) is 0 Å². The number of hydrogen-bond donors (Lipinski definition) is 2. The molecular weight excluding hydrogens is 362 g/mol. The van der Waals surface area contributed by atoms with Crippen LogP contribution in [0.15, 0.2) is 54.6 Å². The number of para-hydroxylation sites is 1. The first-order chi connectivity index (χ1) is 11.6. The van der Waals surface area contributed by atoms with Crippen LogP contribution in [-0.2, 0) is 0 Å². The number of hydrogen-bond acceptors (Lipinski definition) is 4. The molecule has 24 heavy (non-hydrogen) atoms. The van der Waals surface area contributed by atoms with Crippen LogP contribution >= 0.6 is 35.2 Å². The van der Waals surface area contributed by atoms with Gasteiger partial charge in [-0.05, 0) is 42.0 Å². The maximum atomic E-state index is 12.5. The van der Waals surface area contributed by atoms with Gasteiger partial charge < -0.3 is 10.6 Å². The lowest BCUT2D eigenvalue weighted by Crippen LogP contribution is -2.38. The van der Waals surface area contributed by atoms with Crippen LogP contribution < -0.4 is 10.6 Å². The van der Waals surface area contributed by atoms with Gasteiger partial charge in [0, 0.05) is 10.7 Å². The van der Waals surface area contributed by atoms with Gasteiger partial charge in [0.25, 0.3) is 5.91 Å². The summed E-state index contributed by atoms with van der Waals surface area (Å²) >= 11 is 12.7. The minimum atomic E-state index is -0.332. The summed E-state index contributed by atoms with van der Waals surface area (Å²) in [5.74, 6) is 0.592. The average molecular weight is 374 g/mol. The first-order valence-corrected chi connectivity index (χ1v) is 8.88. The van der Waals surface area contributed by atoms with E-state index in [2.05, 4.69) is 10.6 Å². The third-order valence-corrected chi connectivity index (χ3v) is 5.42. The van der Waals surface area contributed by atoms with Crippen LogP contribution in [0.3, 0.4) is 0 Å². The molecule has 0 bridgehead atoms. The molecule has 7 heteroatoms. The van der Waals surface area contributed by atoms with Crippen molar-refractivity contribution in [1.29, 1.82) is 0 Å². The molecule has 0 radical (unpaired) electrons. The van der Waals surface area contributed by atoms with Gasteiger partial charge in [0.15, 0.2) is 3.95 Å². The Bertz CT molecular complexity index is 964. The molecule has 4 rings (SSSR count). The maximum absolute atomic E-state index is 12.5. The van der Waals surface area contributed by atoms with Gasteiger partial charge in [0.2, 0.25) is 0 Å². The highest BCUT2D eigenvalue weighted by atomic mass is 35.5. The van der Waals surface area contributed by atoms with Gasteiger partial charge in [-0.15, -0.1) is 0 Å². The van der Waals surface area contributed by atoms with Crippen LogP contribution in [-0.4, -0.2) is 10.5 Å². The molecule has 2 heterocycles. The van der Waals surface area contributed by atoms with E-state index in [0.717, 1.165) is 17.1 Å². The van der Waals surface area contributed by atoms with Gasteiger partial charge >= 0.3 is 0 Å². The fraction of sp³-hybridized carbons (Fsp3) is 0.0588. The standard InChI is InChI=1S/C17H12ClN3OS2/c18-11-8-6-10(7-9-11)14-19-15-13(16(22)20-14)24-17(23)21(15)12-4-2-1-3-5-12/h1-9,14,19H,(H,20,22). The Hall–Kier alpha value is -2.15. The first-order valence-electron chi connectivity index (χ1n) is 7.27. The van der Waals surface area contributed by atoms with Crippen molar-refractivity contribution in [2.24, 2.45) is 0 Å². The number of halogens is 1. The van der Waals surface area contributed by atoms with Crippen molar-refractivity contribution in [3.8, 4) is 5.69 Å². The molecule has 0 fully saturated rings. The molecule has 1 aliphatic heterocycles. The lowest BCUT2D eigenvalue weighted by atomic mass is 10.1. The highest BCUT2D eigenvalue weighted by Crippen LogP contribution is 2.34. The number of anilines is 1. The summed E-state index contributed by atoms with van der Waals surface area (Å²) in [6, 6.07) is 17.2. The van der Waals surface area contributed by atoms with Gasteiger partial charge in [-0.3, -0.25) is 9.36 Å². The van der Waals surface area contributed by atoms with Crippen molar-refractivity contribution in [2.45, 2.75) is 6.17 Å². The van der Waals surface area contributed by atoms with Crippen molar-refractivity contribution in [3.63, 3.8) is 0 Å². The van der Waals surface area contributed by atoms with E-state index in [4.69, 9.17) is 23.8 Å². The number of carbonyl (C=O) groups is 1. The van der Waals surface area contributed by atoms with E-state index in [1.807, 2.05) is 47.0 Å². The quantitative estimate of drug-likeness (QED) is 0.636. The van der Waals surface area contributed by atoms with E-state index in [-0.39, 0.29) is 12.1 Å². The zero-order valence-corrected chi connectivity index (χ0v) is 14.7. The summed E-state index contributed by atoms with van der Waals surface area (Å²) in [7, 11) is 0. The highest BCUT2D eigenvalue weighted by Gasteiger charge is 2.29. The molecule has 0 aliphatic carbocycles. The van der Waals surface area contributed by atoms with E-state index in [1.165, 1.54) is 11.3 Å². The molecular formula is C17H12ClN3OS2. The lowest BCUT2D eigenvalue weighted by molar-refractivity contribution is 0.0939. The summed E-state index contributed by atoms with van der Waals surface area (Å²) in [4.78, 5) is 13.1. The first kappa shape index (κ1) is 15.4. The van der Waals surface area contributed by atoms with Crippen LogP contribution in [0.5, 0.6) is 0 Å². The number of amides is 1. The normalized spacial score (nSPS) is 16.2. The molecule has 2 aromatic carbocycles. The predicted octanol–water partition coefficient (Wildman–Crippen LogP) is 4.78. The Labute approximate surface area is 152 Å². The number of nitrogens with zero attached hydrogens (tertiary/aromatic N) is 1. The van der Waals surface area contributed by atoms with Crippen molar-refractivity contribution >= 4 is 46.9 Å². The summed E-state index contributed by atoms with van der Waals surface area (Å²) < 4.78 is 2.53. The van der Waals surface area contributed by atoms with E-state index < -0.39 is 0 Å². The smallest absolute Gasteiger partial charge is 0.267 e. The third-order valence-electron chi connectivity index (χ3n) is 3.79. The molecule has 1 amide bonds. The molecule has 120 valence electrons. The van der Waals surface area contributed by atoms with Crippen LogP contribution in [0.25, 0.3) is 5.69 Å². The zero-order valence-electron chi connectivity index (χ0n) is 12.3. The van der Waals surface area contributed by atoms with E-state index in [1.54, 1.807) is 12.1 Å². The second kappa shape index (κ2) is 6.05. The molecule has 0 saturated carbocycles. The number of thiazole rings is 1. The van der Waals surface area contributed by atoms with Gasteiger partial charge in [-0.2, -0.15) is 0 Å². The molecule has 0 spiro atoms. The Morgan fingerprint density at radius 1 is 1.04 bits per heavy atom. The van der Waals surface area contributed by atoms with Crippen LogP contribution in [0.2, 0.25) is 5.02 Å². The molecule has 0 saturated heterocycles. The summed E-state index contributed by atoms with van der Waals surface area (Å²) in [6.45, 7) is 0. The molecule has 1 unspecified atom stereocenters.